The Balaban J connectivity index is 1.83. The molecule has 4 rings (SSSR count). The van der Waals surface area contributed by atoms with E-state index in [1.54, 1.807) is 4.57 Å². The molecule has 2 aliphatic heterocycles. The van der Waals surface area contributed by atoms with Crippen LogP contribution in [0.25, 0.3) is 10.9 Å². The second kappa shape index (κ2) is 8.42. The number of piperazine rings is 1. The first kappa shape index (κ1) is 22.1. The number of carbonyl (C=O) groups excluding carboxylic acids is 2. The van der Waals surface area contributed by atoms with Crippen LogP contribution in [0.3, 0.4) is 0 Å². The van der Waals surface area contributed by atoms with Gasteiger partial charge in [-0.05, 0) is 20.0 Å². The molecule has 0 saturated carbocycles. The van der Waals surface area contributed by atoms with Crippen molar-refractivity contribution in [2.75, 3.05) is 44.7 Å². The van der Waals surface area contributed by atoms with E-state index < -0.39 is 29.5 Å². The van der Waals surface area contributed by atoms with E-state index in [-0.39, 0.29) is 23.6 Å². The van der Waals surface area contributed by atoms with Gasteiger partial charge in [-0.1, -0.05) is 0 Å². The van der Waals surface area contributed by atoms with Crippen LogP contribution >= 0.6 is 0 Å². The van der Waals surface area contributed by atoms with Crippen LogP contribution in [0.5, 0.6) is 5.75 Å². The number of hydrogen-bond acceptors (Lipinski definition) is 8. The Morgan fingerprint density at radius 1 is 1.22 bits per heavy atom. The number of rotatable bonds is 4. The molecule has 0 N–H and O–H groups in total. The molecule has 10 heteroatoms. The van der Waals surface area contributed by atoms with Crippen molar-refractivity contribution >= 4 is 28.5 Å². The van der Waals surface area contributed by atoms with E-state index in [0.29, 0.717) is 30.0 Å². The zero-order chi connectivity index (χ0) is 23.2. The lowest BCUT2D eigenvalue weighted by molar-refractivity contribution is -0.162. The van der Waals surface area contributed by atoms with Crippen molar-refractivity contribution in [3.05, 3.63) is 33.9 Å². The first-order valence-corrected chi connectivity index (χ1v) is 10.5. The van der Waals surface area contributed by atoms with Crippen LogP contribution in [-0.4, -0.2) is 67.5 Å². The van der Waals surface area contributed by atoms with Crippen LogP contribution in [0, 0.1) is 5.82 Å². The van der Waals surface area contributed by atoms with E-state index in [2.05, 4.69) is 4.90 Å². The molecule has 0 amide bonds. The minimum Gasteiger partial charge on any atom is -0.487 e. The fraction of sp³-hybridized carbons (Fsp3) is 0.500. The lowest BCUT2D eigenvalue weighted by atomic mass is 10.1. The summed E-state index contributed by atoms with van der Waals surface area (Å²) >= 11 is 0. The largest absolute Gasteiger partial charge is 0.487 e. The number of nitrogens with zero attached hydrogens (tertiary/aromatic N) is 3. The van der Waals surface area contributed by atoms with E-state index in [1.165, 1.54) is 26.1 Å². The molecule has 2 unspecified atom stereocenters. The predicted molar refractivity (Wildman–Crippen MR) is 115 cm³/mol. The number of carbonyl (C=O) groups is 2. The van der Waals surface area contributed by atoms with E-state index in [9.17, 15) is 14.4 Å². The molecule has 3 heterocycles. The maximum atomic E-state index is 15.3. The second-order valence-corrected chi connectivity index (χ2v) is 8.24. The second-order valence-electron chi connectivity index (χ2n) is 8.24. The van der Waals surface area contributed by atoms with Crippen molar-refractivity contribution in [1.82, 2.24) is 9.47 Å². The number of ether oxygens (including phenoxy) is 3. The fourth-order valence-electron chi connectivity index (χ4n) is 4.15. The third kappa shape index (κ3) is 3.90. The van der Waals surface area contributed by atoms with Gasteiger partial charge in [0.1, 0.15) is 17.9 Å². The number of esters is 2. The first-order chi connectivity index (χ1) is 15.2. The Morgan fingerprint density at radius 2 is 1.91 bits per heavy atom. The van der Waals surface area contributed by atoms with Crippen molar-refractivity contribution in [3.8, 4) is 5.75 Å². The Hall–Kier alpha value is -3.14. The van der Waals surface area contributed by atoms with Gasteiger partial charge in [-0.15, -0.1) is 0 Å². The first-order valence-electron chi connectivity index (χ1n) is 10.5. The molecule has 1 saturated heterocycles. The van der Waals surface area contributed by atoms with Crippen LogP contribution in [-0.2, 0) is 14.3 Å². The number of aromatic nitrogens is 1. The average molecular weight is 447 g/mol. The van der Waals surface area contributed by atoms with E-state index in [4.69, 9.17) is 14.2 Å². The molecular weight excluding hydrogens is 421 g/mol. The monoisotopic (exact) mass is 447 g/mol. The summed E-state index contributed by atoms with van der Waals surface area (Å²) in [5, 5.41) is 0.0384. The summed E-state index contributed by atoms with van der Waals surface area (Å²) in [7, 11) is 2.01. The summed E-state index contributed by atoms with van der Waals surface area (Å²) in [6.07, 6.45) is 0.250. The van der Waals surface area contributed by atoms with Crippen molar-refractivity contribution in [3.63, 3.8) is 0 Å². The Kier molecular flexibility index (Phi) is 5.81. The molecule has 0 spiro atoms. The number of anilines is 1. The highest BCUT2D eigenvalue weighted by Crippen LogP contribution is 2.42. The van der Waals surface area contributed by atoms with Gasteiger partial charge in [0.25, 0.3) is 0 Å². The lowest BCUT2D eigenvalue weighted by Gasteiger charge is -2.37. The van der Waals surface area contributed by atoms with Gasteiger partial charge in [-0.3, -0.25) is 9.59 Å². The third-order valence-corrected chi connectivity index (χ3v) is 5.79. The van der Waals surface area contributed by atoms with Crippen molar-refractivity contribution in [2.24, 2.45) is 0 Å². The van der Waals surface area contributed by atoms with Gasteiger partial charge in [-0.25, -0.2) is 9.18 Å². The highest BCUT2D eigenvalue weighted by molar-refractivity contribution is 5.98. The lowest BCUT2D eigenvalue weighted by Crippen LogP contribution is -2.45. The Morgan fingerprint density at radius 3 is 2.56 bits per heavy atom. The predicted octanol–water partition coefficient (Wildman–Crippen LogP) is 1.91. The molecule has 9 nitrogen and oxygen atoms in total. The summed E-state index contributed by atoms with van der Waals surface area (Å²) in [6.45, 7) is 7.52. The number of pyridine rings is 1. The molecule has 2 aromatic rings. The summed E-state index contributed by atoms with van der Waals surface area (Å²) in [4.78, 5) is 41.0. The number of benzene rings is 1. The third-order valence-electron chi connectivity index (χ3n) is 5.79. The highest BCUT2D eigenvalue weighted by atomic mass is 19.1. The molecule has 32 heavy (non-hydrogen) atoms. The number of hydrogen-bond donors (Lipinski definition) is 0. The smallest absolute Gasteiger partial charge is 0.346 e. The number of likely N-dealkylation sites (N-methyl/N-ethyl adjacent to an activating group) is 1. The molecular formula is C22H26FN3O6. The normalized spacial score (nSPS) is 19.4. The topological polar surface area (TPSA) is 90.3 Å². The zero-order valence-corrected chi connectivity index (χ0v) is 18.5. The molecule has 1 fully saturated rings. The molecule has 2 atom stereocenters. The maximum absolute atomic E-state index is 15.3. The van der Waals surface area contributed by atoms with Gasteiger partial charge >= 0.3 is 11.9 Å². The van der Waals surface area contributed by atoms with Crippen LogP contribution in [0.1, 0.15) is 37.2 Å². The Bertz CT molecular complexity index is 1140. The van der Waals surface area contributed by atoms with Gasteiger partial charge in [-0.2, -0.15) is 0 Å². The molecule has 0 aliphatic carbocycles. The van der Waals surface area contributed by atoms with Gasteiger partial charge in [0.05, 0.1) is 16.9 Å². The van der Waals surface area contributed by atoms with Gasteiger partial charge in [0.15, 0.2) is 11.6 Å². The van der Waals surface area contributed by atoms with Crippen LogP contribution in [0.2, 0.25) is 0 Å². The van der Waals surface area contributed by atoms with Gasteiger partial charge < -0.3 is 28.6 Å². The van der Waals surface area contributed by atoms with E-state index in [1.807, 2.05) is 18.9 Å². The van der Waals surface area contributed by atoms with Crippen molar-refractivity contribution < 1.29 is 28.2 Å². The standard InChI is InChI=1S/C22H26FN3O6/c1-12-11-30-21-18-15(9-17(23)19(21)25-7-5-24(4)6-8-25)20(28)16(10-26(12)18)22(29)32-14(3)31-13(2)27/h9-10,12,14H,5-8,11H2,1-4H3. The minimum atomic E-state index is -1.16. The van der Waals surface area contributed by atoms with Gasteiger partial charge in [0.2, 0.25) is 11.7 Å². The molecule has 1 aromatic carbocycles. The highest BCUT2D eigenvalue weighted by Gasteiger charge is 2.31. The van der Waals surface area contributed by atoms with Crippen LogP contribution in [0.15, 0.2) is 17.1 Å². The van der Waals surface area contributed by atoms with E-state index >= 15 is 4.39 Å². The summed E-state index contributed by atoms with van der Waals surface area (Å²) < 4.78 is 32.9. The molecule has 172 valence electrons. The quantitative estimate of drug-likeness (QED) is 0.519. The SMILES string of the molecule is CC(=O)OC(C)OC(=O)c1cn2c3c(c(N4CCN(C)CC4)c(F)cc3c1=O)OCC2C. The molecule has 0 bridgehead atoms. The number of halogens is 1. The minimum absolute atomic E-state index is 0.0384. The van der Waals surface area contributed by atoms with Crippen LogP contribution < -0.4 is 15.1 Å². The Labute approximate surface area is 184 Å². The summed E-state index contributed by atoms with van der Waals surface area (Å²) in [5.41, 5.74) is -0.139. The molecule has 0 radical (unpaired) electrons. The van der Waals surface area contributed by atoms with Gasteiger partial charge in [0, 0.05) is 46.2 Å². The zero-order valence-electron chi connectivity index (χ0n) is 18.5. The van der Waals surface area contributed by atoms with Crippen molar-refractivity contribution in [1.29, 1.82) is 0 Å². The van der Waals surface area contributed by atoms with E-state index in [0.717, 1.165) is 13.1 Å². The summed E-state index contributed by atoms with van der Waals surface area (Å²) in [6, 6.07) is 0.966. The van der Waals surface area contributed by atoms with Crippen LogP contribution in [0.4, 0.5) is 10.1 Å². The molecule has 2 aliphatic rings. The fourth-order valence-corrected chi connectivity index (χ4v) is 4.15. The molecule has 1 aromatic heterocycles. The van der Waals surface area contributed by atoms with Crippen molar-refractivity contribution in [2.45, 2.75) is 33.1 Å². The summed E-state index contributed by atoms with van der Waals surface area (Å²) in [5.74, 6) is -1.83. The maximum Gasteiger partial charge on any atom is 0.346 e. The average Bonchev–Trinajstić information content (AvgIpc) is 2.72.